The van der Waals surface area contributed by atoms with Gasteiger partial charge in [0.15, 0.2) is 5.69 Å². The summed E-state index contributed by atoms with van der Waals surface area (Å²) in [6.45, 7) is 4.31. The third-order valence-corrected chi connectivity index (χ3v) is 3.81. The number of aromatic nitrogens is 1. The molecule has 2 aromatic rings. The zero-order valence-electron chi connectivity index (χ0n) is 10.9. The fraction of sp³-hybridized carbons (Fsp3) is 0.286. The van der Waals surface area contributed by atoms with Crippen molar-refractivity contribution in [3.8, 4) is 6.07 Å². The van der Waals surface area contributed by atoms with E-state index >= 15 is 0 Å². The maximum atomic E-state index is 8.95. The summed E-state index contributed by atoms with van der Waals surface area (Å²) in [6, 6.07) is 9.83. The minimum Gasteiger partial charge on any atom is -0.396 e. The summed E-state index contributed by atoms with van der Waals surface area (Å²) < 4.78 is 0. The quantitative estimate of drug-likeness (QED) is 0.894. The number of nitrogens with two attached hydrogens (primary N) is 1. The van der Waals surface area contributed by atoms with Crippen molar-refractivity contribution in [1.29, 1.82) is 5.26 Å². The van der Waals surface area contributed by atoms with Gasteiger partial charge in [0.2, 0.25) is 0 Å². The molecule has 0 aliphatic carbocycles. The van der Waals surface area contributed by atoms with E-state index in [1.54, 1.807) is 23.5 Å². The van der Waals surface area contributed by atoms with Crippen LogP contribution in [0.4, 0.5) is 11.5 Å². The van der Waals surface area contributed by atoms with Crippen molar-refractivity contribution in [3.05, 3.63) is 40.2 Å². The van der Waals surface area contributed by atoms with E-state index in [-0.39, 0.29) is 11.7 Å². The summed E-state index contributed by atoms with van der Waals surface area (Å²) in [6.07, 6.45) is 0. The van der Waals surface area contributed by atoms with Crippen LogP contribution in [0.5, 0.6) is 0 Å². The van der Waals surface area contributed by atoms with Crippen LogP contribution in [0, 0.1) is 17.2 Å². The summed E-state index contributed by atoms with van der Waals surface area (Å²) in [5.74, 6) is 1.10. The molecule has 2 rings (SSSR count). The highest BCUT2D eigenvalue weighted by molar-refractivity contribution is 7.10. The highest BCUT2D eigenvalue weighted by Crippen LogP contribution is 2.29. The molecule has 2 heterocycles. The van der Waals surface area contributed by atoms with Crippen LogP contribution in [0.2, 0.25) is 0 Å². The number of nitrogens with zero attached hydrogens (tertiary/aromatic N) is 2. The Kier molecular flexibility index (Phi) is 4.03. The molecule has 0 radical (unpaired) electrons. The van der Waals surface area contributed by atoms with Crippen molar-refractivity contribution in [2.24, 2.45) is 5.92 Å². The predicted octanol–water partition coefficient (Wildman–Crippen LogP) is 3.41. The number of rotatable bonds is 4. The van der Waals surface area contributed by atoms with E-state index in [1.807, 2.05) is 12.1 Å². The smallest absolute Gasteiger partial charge is 0.165 e. The lowest BCUT2D eigenvalue weighted by atomic mass is 10.0. The molecule has 3 N–H and O–H groups in total. The molecule has 0 aliphatic heterocycles. The van der Waals surface area contributed by atoms with Crippen LogP contribution in [0.25, 0.3) is 0 Å². The number of hydrogen-bond donors (Lipinski definition) is 2. The minimum absolute atomic E-state index is 0.183. The topological polar surface area (TPSA) is 74.7 Å². The van der Waals surface area contributed by atoms with Gasteiger partial charge in [-0.25, -0.2) is 4.98 Å². The summed E-state index contributed by atoms with van der Waals surface area (Å²) in [4.78, 5) is 5.49. The first-order valence-electron chi connectivity index (χ1n) is 6.08. The van der Waals surface area contributed by atoms with Crippen molar-refractivity contribution in [1.82, 2.24) is 4.98 Å². The Morgan fingerprint density at radius 1 is 1.37 bits per heavy atom. The average molecular weight is 272 g/mol. The maximum absolute atomic E-state index is 8.95. The van der Waals surface area contributed by atoms with E-state index in [0.29, 0.717) is 17.4 Å². The summed E-state index contributed by atoms with van der Waals surface area (Å²) in [5.41, 5.74) is 6.34. The van der Waals surface area contributed by atoms with Crippen LogP contribution in [0.3, 0.4) is 0 Å². The van der Waals surface area contributed by atoms with E-state index < -0.39 is 0 Å². The monoisotopic (exact) mass is 272 g/mol. The maximum Gasteiger partial charge on any atom is 0.165 e. The molecule has 1 unspecified atom stereocenters. The van der Waals surface area contributed by atoms with E-state index in [0.717, 1.165) is 0 Å². The lowest BCUT2D eigenvalue weighted by molar-refractivity contribution is 0.552. The molecular formula is C14H16N4S. The summed E-state index contributed by atoms with van der Waals surface area (Å²) in [7, 11) is 0. The highest BCUT2D eigenvalue weighted by Gasteiger charge is 2.17. The number of nitriles is 1. The zero-order chi connectivity index (χ0) is 13.8. The molecule has 0 aliphatic rings. The molecule has 2 aromatic heterocycles. The molecule has 0 spiro atoms. The Morgan fingerprint density at radius 3 is 2.74 bits per heavy atom. The third kappa shape index (κ3) is 3.04. The molecule has 0 aromatic carbocycles. The molecule has 0 amide bonds. The Hall–Kier alpha value is -2.06. The molecule has 1 atom stereocenters. The third-order valence-electron chi connectivity index (χ3n) is 2.85. The second-order valence-electron chi connectivity index (χ2n) is 4.63. The zero-order valence-corrected chi connectivity index (χ0v) is 11.7. The second-order valence-corrected chi connectivity index (χ2v) is 5.61. The largest absolute Gasteiger partial charge is 0.396 e. The van der Waals surface area contributed by atoms with Gasteiger partial charge < -0.3 is 11.1 Å². The predicted molar refractivity (Wildman–Crippen MR) is 78.9 cm³/mol. The fourth-order valence-electron chi connectivity index (χ4n) is 1.83. The first-order chi connectivity index (χ1) is 9.11. The van der Waals surface area contributed by atoms with Crippen LogP contribution in [0.1, 0.15) is 30.5 Å². The van der Waals surface area contributed by atoms with Crippen molar-refractivity contribution in [2.45, 2.75) is 19.9 Å². The van der Waals surface area contributed by atoms with Gasteiger partial charge in [-0.15, -0.1) is 11.3 Å². The standard InChI is InChI=1S/C14H16N4S/c1-9(2)14(12-4-3-7-19-12)18-13-6-5-10(16)11(8-15)17-13/h3-7,9,14H,16H2,1-2H3,(H,17,18). The van der Waals surface area contributed by atoms with E-state index in [9.17, 15) is 0 Å². The van der Waals surface area contributed by atoms with Crippen molar-refractivity contribution in [3.63, 3.8) is 0 Å². The van der Waals surface area contributed by atoms with Gasteiger partial charge in [0.25, 0.3) is 0 Å². The minimum atomic E-state index is 0.183. The summed E-state index contributed by atoms with van der Waals surface area (Å²) >= 11 is 1.71. The number of pyridine rings is 1. The lowest BCUT2D eigenvalue weighted by Gasteiger charge is -2.22. The van der Waals surface area contributed by atoms with Gasteiger partial charge >= 0.3 is 0 Å². The SMILES string of the molecule is CC(C)C(Nc1ccc(N)c(C#N)n1)c1cccs1. The van der Waals surface area contributed by atoms with Crippen molar-refractivity contribution < 1.29 is 0 Å². The Labute approximate surface area is 116 Å². The highest BCUT2D eigenvalue weighted by atomic mass is 32.1. The second kappa shape index (κ2) is 5.72. The van der Waals surface area contributed by atoms with Crippen LogP contribution in [-0.4, -0.2) is 4.98 Å². The number of anilines is 2. The van der Waals surface area contributed by atoms with Crippen LogP contribution in [0.15, 0.2) is 29.6 Å². The van der Waals surface area contributed by atoms with Crippen molar-refractivity contribution in [2.75, 3.05) is 11.1 Å². The molecule has 98 valence electrons. The molecule has 0 saturated heterocycles. The van der Waals surface area contributed by atoms with Gasteiger partial charge in [0, 0.05) is 4.88 Å². The van der Waals surface area contributed by atoms with E-state index in [1.165, 1.54) is 4.88 Å². The Bertz CT molecular complexity index is 584. The van der Waals surface area contributed by atoms with Gasteiger partial charge in [-0.3, -0.25) is 0 Å². The normalized spacial score (nSPS) is 12.1. The molecule has 0 bridgehead atoms. The molecule has 0 saturated carbocycles. The number of thiophene rings is 1. The van der Waals surface area contributed by atoms with E-state index in [4.69, 9.17) is 11.0 Å². The fourth-order valence-corrected chi connectivity index (χ4v) is 2.78. The average Bonchev–Trinajstić information content (AvgIpc) is 2.91. The lowest BCUT2D eigenvalue weighted by Crippen LogP contribution is -2.16. The van der Waals surface area contributed by atoms with Crippen LogP contribution >= 0.6 is 11.3 Å². The Balaban J connectivity index is 2.26. The van der Waals surface area contributed by atoms with Gasteiger partial charge in [0.05, 0.1) is 11.7 Å². The number of nitrogen functional groups attached to an aromatic ring is 1. The molecule has 4 nitrogen and oxygen atoms in total. The van der Waals surface area contributed by atoms with Crippen LogP contribution < -0.4 is 11.1 Å². The van der Waals surface area contributed by atoms with Gasteiger partial charge in [0.1, 0.15) is 11.9 Å². The molecular weight excluding hydrogens is 256 g/mol. The van der Waals surface area contributed by atoms with Gasteiger partial charge in [-0.2, -0.15) is 5.26 Å². The van der Waals surface area contributed by atoms with Gasteiger partial charge in [-0.1, -0.05) is 19.9 Å². The van der Waals surface area contributed by atoms with Gasteiger partial charge in [-0.05, 0) is 29.5 Å². The molecule has 0 fully saturated rings. The number of hydrogen-bond acceptors (Lipinski definition) is 5. The summed E-state index contributed by atoms with van der Waals surface area (Å²) in [5, 5.41) is 14.4. The molecule has 19 heavy (non-hydrogen) atoms. The van der Waals surface area contributed by atoms with Crippen LogP contribution in [-0.2, 0) is 0 Å². The van der Waals surface area contributed by atoms with E-state index in [2.05, 4.69) is 35.6 Å². The van der Waals surface area contributed by atoms with Crippen molar-refractivity contribution >= 4 is 22.8 Å². The Morgan fingerprint density at radius 2 is 2.16 bits per heavy atom. The number of nitrogens with one attached hydrogen (secondary N) is 1. The molecule has 5 heteroatoms. The first kappa shape index (κ1) is 13.4. The first-order valence-corrected chi connectivity index (χ1v) is 6.96.